The maximum Gasteiger partial charge on any atom is 0.247 e. The second-order valence-corrected chi connectivity index (χ2v) is 11.5. The highest BCUT2D eigenvalue weighted by molar-refractivity contribution is 8.01. The summed E-state index contributed by atoms with van der Waals surface area (Å²) in [5.74, 6) is -0.0255. The topological polar surface area (TPSA) is 95.6 Å². The van der Waals surface area contributed by atoms with E-state index in [9.17, 15) is 18.0 Å². The fourth-order valence-corrected chi connectivity index (χ4v) is 5.90. The molecule has 10 heteroatoms. The highest BCUT2D eigenvalue weighted by Gasteiger charge is 2.37. The third kappa shape index (κ3) is 5.11. The Balaban J connectivity index is 1.46. The first-order chi connectivity index (χ1) is 15.2. The summed E-state index contributed by atoms with van der Waals surface area (Å²) in [5, 5.41) is 2.43. The molecular formula is C22H24ClN3O4S2. The van der Waals surface area contributed by atoms with E-state index in [4.69, 9.17) is 11.6 Å². The predicted molar refractivity (Wildman–Crippen MR) is 125 cm³/mol. The molecule has 0 bridgehead atoms. The van der Waals surface area contributed by atoms with Gasteiger partial charge in [-0.05, 0) is 54.7 Å². The van der Waals surface area contributed by atoms with Crippen LogP contribution in [-0.2, 0) is 26.2 Å². The number of likely N-dealkylation sites (tertiary alicyclic amines) is 1. The SMILES string of the molecule is CC1CCN(C(=O)C2Sc3ccc(S(=O)(=O)NCc4ccc(Cl)cc4)cc3NC2=O)CC1. The Morgan fingerprint density at radius 1 is 1.19 bits per heavy atom. The Bertz CT molecular complexity index is 1130. The first kappa shape index (κ1) is 23.1. The van der Waals surface area contributed by atoms with Gasteiger partial charge in [-0.2, -0.15) is 0 Å². The van der Waals surface area contributed by atoms with Crippen molar-refractivity contribution in [1.29, 1.82) is 0 Å². The zero-order chi connectivity index (χ0) is 22.9. The van der Waals surface area contributed by atoms with E-state index < -0.39 is 21.2 Å². The Morgan fingerprint density at radius 2 is 1.88 bits per heavy atom. The van der Waals surface area contributed by atoms with Crippen molar-refractivity contribution in [1.82, 2.24) is 9.62 Å². The number of nitrogens with one attached hydrogen (secondary N) is 2. The van der Waals surface area contributed by atoms with Crippen LogP contribution in [0.2, 0.25) is 5.02 Å². The second kappa shape index (κ2) is 9.43. The lowest BCUT2D eigenvalue weighted by atomic mass is 9.99. The molecule has 2 aromatic carbocycles. The average Bonchev–Trinajstić information content (AvgIpc) is 2.78. The quantitative estimate of drug-likeness (QED) is 0.621. The molecule has 7 nitrogen and oxygen atoms in total. The molecule has 0 radical (unpaired) electrons. The van der Waals surface area contributed by atoms with Crippen molar-refractivity contribution in [3.05, 3.63) is 53.1 Å². The fraction of sp³-hybridized carbons (Fsp3) is 0.364. The number of carbonyl (C=O) groups excluding carboxylic acids is 2. The molecule has 1 fully saturated rings. The second-order valence-electron chi connectivity index (χ2n) is 8.10. The van der Waals surface area contributed by atoms with Crippen LogP contribution >= 0.6 is 23.4 Å². The average molecular weight is 494 g/mol. The number of fused-ring (bicyclic) bond motifs is 1. The van der Waals surface area contributed by atoms with E-state index in [2.05, 4.69) is 17.0 Å². The van der Waals surface area contributed by atoms with E-state index in [-0.39, 0.29) is 17.3 Å². The lowest BCUT2D eigenvalue weighted by Crippen LogP contribution is -2.47. The van der Waals surface area contributed by atoms with Crippen LogP contribution in [0, 0.1) is 5.92 Å². The molecule has 0 aliphatic carbocycles. The largest absolute Gasteiger partial charge is 0.341 e. The standard InChI is InChI=1S/C22H24ClN3O4S2/c1-14-8-10-26(11-9-14)22(28)20-21(27)25-18-12-17(6-7-19(18)31-20)32(29,30)24-13-15-2-4-16(23)5-3-15/h2-7,12,14,20,24H,8-11,13H2,1H3,(H,25,27). The lowest BCUT2D eigenvalue weighted by Gasteiger charge is -2.33. The maximum absolute atomic E-state index is 12.9. The molecule has 1 atom stereocenters. The summed E-state index contributed by atoms with van der Waals surface area (Å²) < 4.78 is 28.0. The minimum absolute atomic E-state index is 0.0425. The van der Waals surface area contributed by atoms with Gasteiger partial charge in [0.15, 0.2) is 5.25 Å². The molecule has 4 rings (SSSR count). The smallest absolute Gasteiger partial charge is 0.247 e. The van der Waals surface area contributed by atoms with Gasteiger partial charge >= 0.3 is 0 Å². The molecule has 2 amide bonds. The molecule has 0 saturated carbocycles. The van der Waals surface area contributed by atoms with Crippen molar-refractivity contribution in [3.8, 4) is 0 Å². The van der Waals surface area contributed by atoms with Gasteiger partial charge in [-0.3, -0.25) is 9.59 Å². The van der Waals surface area contributed by atoms with Gasteiger partial charge in [0.05, 0.1) is 10.6 Å². The number of nitrogens with zero attached hydrogens (tertiary/aromatic N) is 1. The van der Waals surface area contributed by atoms with Crippen LogP contribution in [-0.4, -0.2) is 43.5 Å². The summed E-state index contributed by atoms with van der Waals surface area (Å²) >= 11 is 7.03. The van der Waals surface area contributed by atoms with Crippen LogP contribution < -0.4 is 10.0 Å². The molecule has 1 unspecified atom stereocenters. The number of hydrogen-bond acceptors (Lipinski definition) is 5. The normalized spacial score (nSPS) is 19.4. The highest BCUT2D eigenvalue weighted by atomic mass is 35.5. The number of hydrogen-bond donors (Lipinski definition) is 2. The molecule has 0 spiro atoms. The molecule has 0 aromatic heterocycles. The molecule has 2 aliphatic heterocycles. The number of rotatable bonds is 5. The highest BCUT2D eigenvalue weighted by Crippen LogP contribution is 2.38. The zero-order valence-electron chi connectivity index (χ0n) is 17.5. The summed E-state index contributed by atoms with van der Waals surface area (Å²) in [4.78, 5) is 28.0. The Hall–Kier alpha value is -2.07. The number of thioether (sulfide) groups is 1. The lowest BCUT2D eigenvalue weighted by molar-refractivity contribution is -0.135. The van der Waals surface area contributed by atoms with Crippen LogP contribution in [0.4, 0.5) is 5.69 Å². The van der Waals surface area contributed by atoms with Crippen molar-refractivity contribution in [2.24, 2.45) is 5.92 Å². The van der Waals surface area contributed by atoms with Crippen molar-refractivity contribution < 1.29 is 18.0 Å². The van der Waals surface area contributed by atoms with Gasteiger partial charge in [0.1, 0.15) is 0 Å². The van der Waals surface area contributed by atoms with Crippen LogP contribution in [0.1, 0.15) is 25.3 Å². The molecular weight excluding hydrogens is 470 g/mol. The Labute approximate surface area is 196 Å². The number of anilines is 1. The maximum atomic E-state index is 12.9. The molecule has 32 heavy (non-hydrogen) atoms. The zero-order valence-corrected chi connectivity index (χ0v) is 19.9. The van der Waals surface area contributed by atoms with Crippen molar-refractivity contribution in [2.75, 3.05) is 18.4 Å². The minimum atomic E-state index is -3.79. The van der Waals surface area contributed by atoms with E-state index in [0.717, 1.165) is 18.4 Å². The summed E-state index contributed by atoms with van der Waals surface area (Å²) in [6.07, 6.45) is 1.87. The van der Waals surface area contributed by atoms with Crippen LogP contribution in [0.15, 0.2) is 52.3 Å². The van der Waals surface area contributed by atoms with Gasteiger partial charge in [-0.25, -0.2) is 13.1 Å². The van der Waals surface area contributed by atoms with Gasteiger partial charge in [-0.15, -0.1) is 11.8 Å². The third-order valence-electron chi connectivity index (χ3n) is 5.70. The van der Waals surface area contributed by atoms with Crippen LogP contribution in [0.5, 0.6) is 0 Å². The monoisotopic (exact) mass is 493 g/mol. The van der Waals surface area contributed by atoms with E-state index in [1.165, 1.54) is 23.9 Å². The van der Waals surface area contributed by atoms with Crippen molar-refractivity contribution >= 4 is 50.9 Å². The molecule has 2 N–H and O–H groups in total. The van der Waals surface area contributed by atoms with Crippen LogP contribution in [0.25, 0.3) is 0 Å². The van der Waals surface area contributed by atoms with E-state index >= 15 is 0 Å². The van der Waals surface area contributed by atoms with Crippen LogP contribution in [0.3, 0.4) is 0 Å². The number of piperidine rings is 1. The van der Waals surface area contributed by atoms with Crippen molar-refractivity contribution in [3.63, 3.8) is 0 Å². The first-order valence-corrected chi connectivity index (χ1v) is 13.1. The number of benzene rings is 2. The molecule has 2 aliphatic rings. The summed E-state index contributed by atoms with van der Waals surface area (Å²) in [6, 6.07) is 11.4. The summed E-state index contributed by atoms with van der Waals surface area (Å²) in [7, 11) is -3.79. The van der Waals surface area contributed by atoms with E-state index in [1.807, 2.05) is 0 Å². The Morgan fingerprint density at radius 3 is 2.56 bits per heavy atom. The van der Waals surface area contributed by atoms with Crippen molar-refractivity contribution in [2.45, 2.75) is 41.4 Å². The van der Waals surface area contributed by atoms with E-state index in [1.54, 1.807) is 35.2 Å². The third-order valence-corrected chi connectivity index (χ3v) is 8.61. The first-order valence-electron chi connectivity index (χ1n) is 10.4. The van der Waals surface area contributed by atoms with Gasteiger partial charge in [0.25, 0.3) is 0 Å². The van der Waals surface area contributed by atoms with Gasteiger partial charge in [-0.1, -0.05) is 30.7 Å². The number of amides is 2. The molecule has 1 saturated heterocycles. The Kier molecular flexibility index (Phi) is 6.80. The van der Waals surface area contributed by atoms with Gasteiger partial charge in [0, 0.05) is 29.6 Å². The van der Waals surface area contributed by atoms with E-state index in [0.29, 0.717) is 34.6 Å². The predicted octanol–water partition coefficient (Wildman–Crippen LogP) is 3.49. The number of carbonyl (C=O) groups is 2. The van der Waals surface area contributed by atoms with Gasteiger partial charge < -0.3 is 10.2 Å². The number of halogens is 1. The fourth-order valence-electron chi connectivity index (χ4n) is 3.68. The number of sulfonamides is 1. The molecule has 170 valence electrons. The van der Waals surface area contributed by atoms with Gasteiger partial charge in [0.2, 0.25) is 21.8 Å². The minimum Gasteiger partial charge on any atom is -0.341 e. The molecule has 2 aromatic rings. The summed E-state index contributed by atoms with van der Waals surface area (Å²) in [5.41, 5.74) is 1.17. The summed E-state index contributed by atoms with van der Waals surface area (Å²) in [6.45, 7) is 3.60. The molecule has 2 heterocycles.